The fourth-order valence-electron chi connectivity index (χ4n) is 1.77. The molecule has 0 spiro atoms. The van der Waals surface area contributed by atoms with Gasteiger partial charge in [0, 0.05) is 19.7 Å². The molecule has 1 aliphatic rings. The minimum absolute atomic E-state index is 0.218. The second kappa shape index (κ2) is 5.83. The summed E-state index contributed by atoms with van der Waals surface area (Å²) in [7, 11) is 1.89. The third-order valence-electron chi connectivity index (χ3n) is 2.86. The molecule has 104 valence electrons. The van der Waals surface area contributed by atoms with Gasteiger partial charge in [-0.2, -0.15) is 4.98 Å². The van der Waals surface area contributed by atoms with E-state index in [1.165, 1.54) is 0 Å². The lowest BCUT2D eigenvalue weighted by molar-refractivity contribution is 0.0209. The Morgan fingerprint density at radius 1 is 1.58 bits per heavy atom. The highest BCUT2D eigenvalue weighted by molar-refractivity contribution is 5.91. The van der Waals surface area contributed by atoms with Crippen LogP contribution < -0.4 is 16.0 Å². The summed E-state index contributed by atoms with van der Waals surface area (Å²) in [6, 6.07) is 1.81. The quantitative estimate of drug-likeness (QED) is 0.765. The standard InChI is InChI=1S/C12H19N5O2/c1-3-4-17(2)12-15-9(11(13)18)5-10(16-12)14-8-6-19-7-8/h5,8H,3-4,6-7H2,1-2H3,(H2,13,18)(H,14,15,16). The summed E-state index contributed by atoms with van der Waals surface area (Å²) in [4.78, 5) is 21.8. The minimum atomic E-state index is -0.554. The van der Waals surface area contributed by atoms with Crippen LogP contribution in [0.2, 0.25) is 0 Å². The summed E-state index contributed by atoms with van der Waals surface area (Å²) in [5.74, 6) is 0.553. The van der Waals surface area contributed by atoms with E-state index in [1.807, 2.05) is 11.9 Å². The number of ether oxygens (including phenoxy) is 1. The zero-order valence-corrected chi connectivity index (χ0v) is 11.2. The average Bonchev–Trinajstić information content (AvgIpc) is 2.34. The molecule has 3 N–H and O–H groups in total. The van der Waals surface area contributed by atoms with Crippen LogP contribution in [0.3, 0.4) is 0 Å². The van der Waals surface area contributed by atoms with E-state index in [9.17, 15) is 4.79 Å². The van der Waals surface area contributed by atoms with Crippen LogP contribution >= 0.6 is 0 Å². The lowest BCUT2D eigenvalue weighted by Gasteiger charge is -2.27. The Bertz CT molecular complexity index is 461. The highest BCUT2D eigenvalue weighted by Gasteiger charge is 2.20. The summed E-state index contributed by atoms with van der Waals surface area (Å²) in [6.45, 7) is 4.18. The van der Waals surface area contributed by atoms with E-state index >= 15 is 0 Å². The maximum absolute atomic E-state index is 11.3. The Labute approximate surface area is 112 Å². The number of anilines is 2. The van der Waals surface area contributed by atoms with Crippen LogP contribution in [0.5, 0.6) is 0 Å². The van der Waals surface area contributed by atoms with Crippen LogP contribution in [0.15, 0.2) is 6.07 Å². The van der Waals surface area contributed by atoms with Crippen molar-refractivity contribution in [1.29, 1.82) is 0 Å². The molecule has 19 heavy (non-hydrogen) atoms. The molecule has 1 aromatic rings. The van der Waals surface area contributed by atoms with Crippen LogP contribution in [0.4, 0.5) is 11.8 Å². The first-order chi connectivity index (χ1) is 9.10. The van der Waals surface area contributed by atoms with Gasteiger partial charge in [0.05, 0.1) is 19.3 Å². The number of hydrogen-bond acceptors (Lipinski definition) is 6. The van der Waals surface area contributed by atoms with Crippen LogP contribution in [0.25, 0.3) is 0 Å². The Hall–Kier alpha value is -1.89. The van der Waals surface area contributed by atoms with Crippen molar-refractivity contribution >= 4 is 17.7 Å². The monoisotopic (exact) mass is 265 g/mol. The van der Waals surface area contributed by atoms with E-state index in [0.29, 0.717) is 25.0 Å². The van der Waals surface area contributed by atoms with Gasteiger partial charge in [-0.1, -0.05) is 6.92 Å². The van der Waals surface area contributed by atoms with E-state index < -0.39 is 5.91 Å². The van der Waals surface area contributed by atoms with Gasteiger partial charge in [-0.05, 0) is 6.42 Å². The van der Waals surface area contributed by atoms with Gasteiger partial charge >= 0.3 is 0 Å². The predicted molar refractivity (Wildman–Crippen MR) is 72.3 cm³/mol. The summed E-state index contributed by atoms with van der Waals surface area (Å²) in [6.07, 6.45) is 0.972. The summed E-state index contributed by atoms with van der Waals surface area (Å²) in [5, 5.41) is 3.20. The molecule has 0 atom stereocenters. The third kappa shape index (κ3) is 3.31. The van der Waals surface area contributed by atoms with Crippen molar-refractivity contribution in [3.63, 3.8) is 0 Å². The average molecular weight is 265 g/mol. The van der Waals surface area contributed by atoms with Gasteiger partial charge in [-0.25, -0.2) is 4.98 Å². The van der Waals surface area contributed by atoms with Crippen molar-refractivity contribution in [3.8, 4) is 0 Å². The zero-order chi connectivity index (χ0) is 13.8. The molecule has 2 rings (SSSR count). The number of rotatable bonds is 6. The number of nitrogens with zero attached hydrogens (tertiary/aromatic N) is 3. The summed E-state index contributed by atoms with van der Waals surface area (Å²) in [5.41, 5.74) is 5.52. The fourth-order valence-corrected chi connectivity index (χ4v) is 1.77. The lowest BCUT2D eigenvalue weighted by Crippen LogP contribution is -2.40. The number of primary amides is 1. The molecule has 7 heteroatoms. The van der Waals surface area contributed by atoms with Crippen molar-refractivity contribution in [1.82, 2.24) is 9.97 Å². The molecule has 1 saturated heterocycles. The molecule has 0 unspecified atom stereocenters. The molecule has 1 aromatic heterocycles. The largest absolute Gasteiger partial charge is 0.377 e. The number of carbonyl (C=O) groups excluding carboxylic acids is 1. The van der Waals surface area contributed by atoms with Crippen LogP contribution in [0.1, 0.15) is 23.8 Å². The molecule has 1 amide bonds. The summed E-state index contributed by atoms with van der Waals surface area (Å²) < 4.78 is 5.09. The maximum atomic E-state index is 11.3. The maximum Gasteiger partial charge on any atom is 0.267 e. The predicted octanol–water partition coefficient (Wildman–Crippen LogP) is 0.232. The number of nitrogens with one attached hydrogen (secondary N) is 1. The SMILES string of the molecule is CCCN(C)c1nc(NC2COC2)cc(C(N)=O)n1. The molecule has 1 fully saturated rings. The van der Waals surface area contributed by atoms with Gasteiger partial charge in [0.2, 0.25) is 5.95 Å². The molecule has 0 aliphatic carbocycles. The number of nitrogens with two attached hydrogens (primary N) is 1. The number of carbonyl (C=O) groups is 1. The first kappa shape index (κ1) is 13.5. The Morgan fingerprint density at radius 3 is 2.84 bits per heavy atom. The smallest absolute Gasteiger partial charge is 0.267 e. The third-order valence-corrected chi connectivity index (χ3v) is 2.86. The first-order valence-electron chi connectivity index (χ1n) is 6.34. The van der Waals surface area contributed by atoms with E-state index in [2.05, 4.69) is 22.2 Å². The van der Waals surface area contributed by atoms with Crippen LogP contribution in [-0.4, -0.2) is 48.7 Å². The Kier molecular flexibility index (Phi) is 4.16. The minimum Gasteiger partial charge on any atom is -0.377 e. The molecular formula is C12H19N5O2. The van der Waals surface area contributed by atoms with Gasteiger partial charge in [0.25, 0.3) is 5.91 Å². The molecular weight excluding hydrogens is 246 g/mol. The first-order valence-corrected chi connectivity index (χ1v) is 6.34. The zero-order valence-electron chi connectivity index (χ0n) is 11.2. The number of hydrogen-bond donors (Lipinski definition) is 2. The molecule has 0 saturated carbocycles. The molecule has 0 aromatic carbocycles. The van der Waals surface area contributed by atoms with E-state index in [4.69, 9.17) is 10.5 Å². The molecule has 1 aliphatic heterocycles. The van der Waals surface area contributed by atoms with Crippen LogP contribution in [0, 0.1) is 0 Å². The van der Waals surface area contributed by atoms with Crippen molar-refractivity contribution in [2.75, 3.05) is 37.0 Å². The van der Waals surface area contributed by atoms with Gasteiger partial charge in [-0.3, -0.25) is 4.79 Å². The van der Waals surface area contributed by atoms with Crippen molar-refractivity contribution in [2.24, 2.45) is 5.73 Å². The topological polar surface area (TPSA) is 93.4 Å². The Morgan fingerprint density at radius 2 is 2.32 bits per heavy atom. The fraction of sp³-hybridized carbons (Fsp3) is 0.583. The van der Waals surface area contributed by atoms with Crippen molar-refractivity contribution in [2.45, 2.75) is 19.4 Å². The van der Waals surface area contributed by atoms with Gasteiger partial charge in [-0.15, -0.1) is 0 Å². The molecule has 7 nitrogen and oxygen atoms in total. The molecule has 0 radical (unpaired) electrons. The Balaban J connectivity index is 2.23. The second-order valence-electron chi connectivity index (χ2n) is 4.60. The summed E-state index contributed by atoms with van der Waals surface area (Å²) >= 11 is 0. The van der Waals surface area contributed by atoms with E-state index in [1.54, 1.807) is 6.07 Å². The van der Waals surface area contributed by atoms with Crippen molar-refractivity contribution < 1.29 is 9.53 Å². The van der Waals surface area contributed by atoms with Gasteiger partial charge < -0.3 is 20.7 Å². The van der Waals surface area contributed by atoms with Gasteiger partial charge in [0.1, 0.15) is 11.5 Å². The highest BCUT2D eigenvalue weighted by Crippen LogP contribution is 2.16. The molecule has 2 heterocycles. The second-order valence-corrected chi connectivity index (χ2v) is 4.60. The highest BCUT2D eigenvalue weighted by atomic mass is 16.5. The number of amides is 1. The van der Waals surface area contributed by atoms with Crippen LogP contribution in [-0.2, 0) is 4.74 Å². The number of aromatic nitrogens is 2. The van der Waals surface area contributed by atoms with E-state index in [0.717, 1.165) is 13.0 Å². The normalized spacial score (nSPS) is 14.8. The van der Waals surface area contributed by atoms with Gasteiger partial charge in [0.15, 0.2) is 0 Å². The molecule has 0 bridgehead atoms. The van der Waals surface area contributed by atoms with Crippen molar-refractivity contribution in [3.05, 3.63) is 11.8 Å². The van der Waals surface area contributed by atoms with E-state index in [-0.39, 0.29) is 11.7 Å². The lowest BCUT2D eigenvalue weighted by atomic mass is 10.2.